The van der Waals surface area contributed by atoms with E-state index in [-0.39, 0.29) is 0 Å². The highest BCUT2D eigenvalue weighted by Gasteiger charge is 2.41. The lowest BCUT2D eigenvalue weighted by Crippen LogP contribution is -2.58. The minimum atomic E-state index is 0.565. The van der Waals surface area contributed by atoms with Crippen molar-refractivity contribution in [1.82, 2.24) is 19.9 Å². The molecule has 3 atom stereocenters. The SMILES string of the molecule is CC(C)Cc1nc(CN2C[C@@H]3C[C@H](C2)[C@@H]2CCCCN2C3)no1. The molecule has 0 N–H and O–H groups in total. The second-order valence-electron chi connectivity index (χ2n) is 8.32. The molecule has 3 saturated heterocycles. The zero-order chi connectivity index (χ0) is 15.8. The van der Waals surface area contributed by atoms with Gasteiger partial charge in [-0.1, -0.05) is 25.4 Å². The first-order valence-electron chi connectivity index (χ1n) is 9.45. The zero-order valence-corrected chi connectivity index (χ0v) is 14.6. The quantitative estimate of drug-likeness (QED) is 0.854. The third-order valence-corrected chi connectivity index (χ3v) is 5.80. The molecule has 0 saturated carbocycles. The molecule has 23 heavy (non-hydrogen) atoms. The number of piperidine rings is 3. The van der Waals surface area contributed by atoms with E-state index in [9.17, 15) is 0 Å². The molecule has 0 spiro atoms. The van der Waals surface area contributed by atoms with E-state index in [0.29, 0.717) is 5.92 Å². The molecule has 1 aromatic heterocycles. The van der Waals surface area contributed by atoms with Crippen molar-refractivity contribution in [2.24, 2.45) is 17.8 Å². The molecular weight excluding hydrogens is 288 g/mol. The van der Waals surface area contributed by atoms with Crippen LogP contribution >= 0.6 is 0 Å². The maximum Gasteiger partial charge on any atom is 0.226 e. The Morgan fingerprint density at radius 1 is 1.22 bits per heavy atom. The maximum absolute atomic E-state index is 5.40. The van der Waals surface area contributed by atoms with Crippen molar-refractivity contribution in [3.05, 3.63) is 11.7 Å². The number of rotatable bonds is 4. The van der Waals surface area contributed by atoms with Gasteiger partial charge in [0.05, 0.1) is 6.54 Å². The lowest BCUT2D eigenvalue weighted by atomic mass is 9.76. The van der Waals surface area contributed by atoms with E-state index in [1.54, 1.807) is 0 Å². The molecule has 5 nitrogen and oxygen atoms in total. The summed E-state index contributed by atoms with van der Waals surface area (Å²) in [6.07, 6.45) is 6.55. The number of hydrogen-bond acceptors (Lipinski definition) is 5. The average molecular weight is 318 g/mol. The van der Waals surface area contributed by atoms with Gasteiger partial charge >= 0.3 is 0 Å². The van der Waals surface area contributed by atoms with Gasteiger partial charge in [-0.05, 0) is 43.6 Å². The van der Waals surface area contributed by atoms with Crippen LogP contribution in [0.1, 0.15) is 51.2 Å². The van der Waals surface area contributed by atoms with Crippen LogP contribution in [0.5, 0.6) is 0 Å². The van der Waals surface area contributed by atoms with Gasteiger partial charge in [-0.2, -0.15) is 4.98 Å². The van der Waals surface area contributed by atoms with E-state index in [1.807, 2.05) is 0 Å². The predicted octanol–water partition coefficient (Wildman–Crippen LogP) is 2.57. The zero-order valence-electron chi connectivity index (χ0n) is 14.6. The average Bonchev–Trinajstić information content (AvgIpc) is 2.93. The highest BCUT2D eigenvalue weighted by molar-refractivity contribution is 4.97. The van der Waals surface area contributed by atoms with Gasteiger partial charge in [0, 0.05) is 32.1 Å². The summed E-state index contributed by atoms with van der Waals surface area (Å²) in [6.45, 7) is 10.3. The first-order valence-corrected chi connectivity index (χ1v) is 9.45. The van der Waals surface area contributed by atoms with Crippen molar-refractivity contribution in [2.45, 2.75) is 58.5 Å². The molecular formula is C18H30N4O. The van der Waals surface area contributed by atoms with Crippen LogP contribution in [-0.2, 0) is 13.0 Å². The van der Waals surface area contributed by atoms with Gasteiger partial charge in [-0.15, -0.1) is 0 Å². The van der Waals surface area contributed by atoms with Crippen LogP contribution < -0.4 is 0 Å². The summed E-state index contributed by atoms with van der Waals surface area (Å²) in [5.74, 6) is 3.93. The van der Waals surface area contributed by atoms with E-state index < -0.39 is 0 Å². The van der Waals surface area contributed by atoms with E-state index in [2.05, 4.69) is 33.8 Å². The van der Waals surface area contributed by atoms with Crippen molar-refractivity contribution in [3.8, 4) is 0 Å². The topological polar surface area (TPSA) is 45.4 Å². The van der Waals surface area contributed by atoms with Crippen LogP contribution in [-0.4, -0.2) is 52.2 Å². The number of aromatic nitrogens is 2. The Labute approximate surface area is 139 Å². The first-order chi connectivity index (χ1) is 11.2. The summed E-state index contributed by atoms with van der Waals surface area (Å²) >= 11 is 0. The largest absolute Gasteiger partial charge is 0.339 e. The Bertz CT molecular complexity index is 529. The monoisotopic (exact) mass is 318 g/mol. The minimum Gasteiger partial charge on any atom is -0.339 e. The molecule has 5 heteroatoms. The lowest BCUT2D eigenvalue weighted by Gasteiger charge is -2.52. The van der Waals surface area contributed by atoms with Gasteiger partial charge in [0.25, 0.3) is 0 Å². The standard InChI is InChI=1S/C18H30N4O/c1-13(2)7-18-19-17(20-23-18)12-21-9-14-8-15(11-21)16-5-3-4-6-22(16)10-14/h13-16H,3-12H2,1-2H3/t14-,15+,16-/m0/s1. The van der Waals surface area contributed by atoms with Crippen molar-refractivity contribution >= 4 is 0 Å². The second-order valence-corrected chi connectivity index (χ2v) is 8.32. The summed E-state index contributed by atoms with van der Waals surface area (Å²) < 4.78 is 5.40. The smallest absolute Gasteiger partial charge is 0.226 e. The fourth-order valence-corrected chi connectivity index (χ4v) is 4.98. The van der Waals surface area contributed by atoms with E-state index in [1.165, 1.54) is 51.9 Å². The minimum absolute atomic E-state index is 0.565. The Hall–Kier alpha value is -0.940. The molecule has 0 aromatic carbocycles. The van der Waals surface area contributed by atoms with Crippen LogP contribution in [0.25, 0.3) is 0 Å². The van der Waals surface area contributed by atoms with Gasteiger partial charge in [-0.3, -0.25) is 9.80 Å². The van der Waals surface area contributed by atoms with E-state index in [4.69, 9.17) is 4.52 Å². The molecule has 0 unspecified atom stereocenters. The number of nitrogens with zero attached hydrogens (tertiary/aromatic N) is 4. The lowest BCUT2D eigenvalue weighted by molar-refractivity contribution is -0.0332. The van der Waals surface area contributed by atoms with Crippen molar-refractivity contribution in [1.29, 1.82) is 0 Å². The Kier molecular flexibility index (Phi) is 4.41. The van der Waals surface area contributed by atoms with Crippen LogP contribution in [0.15, 0.2) is 4.52 Å². The van der Waals surface area contributed by atoms with E-state index >= 15 is 0 Å². The molecule has 1 aromatic rings. The van der Waals surface area contributed by atoms with Gasteiger partial charge in [0.1, 0.15) is 0 Å². The van der Waals surface area contributed by atoms with Crippen LogP contribution in [0.4, 0.5) is 0 Å². The molecule has 3 fully saturated rings. The normalized spacial score (nSPS) is 32.2. The summed E-state index contributed by atoms with van der Waals surface area (Å²) in [4.78, 5) is 9.95. The molecule has 0 radical (unpaired) electrons. The first kappa shape index (κ1) is 15.6. The highest BCUT2D eigenvalue weighted by atomic mass is 16.5. The van der Waals surface area contributed by atoms with Crippen molar-refractivity contribution in [3.63, 3.8) is 0 Å². The number of hydrogen-bond donors (Lipinski definition) is 0. The Balaban J connectivity index is 1.38. The molecule has 0 aliphatic carbocycles. The molecule has 128 valence electrons. The fourth-order valence-electron chi connectivity index (χ4n) is 4.98. The summed E-state index contributed by atoms with van der Waals surface area (Å²) in [7, 11) is 0. The summed E-state index contributed by atoms with van der Waals surface area (Å²) in [5.41, 5.74) is 0. The Morgan fingerprint density at radius 2 is 2.13 bits per heavy atom. The second kappa shape index (κ2) is 6.52. The van der Waals surface area contributed by atoms with Crippen LogP contribution in [0.2, 0.25) is 0 Å². The highest BCUT2D eigenvalue weighted by Crippen LogP contribution is 2.37. The summed E-state index contributed by atoms with van der Waals surface area (Å²) in [6, 6.07) is 0.838. The van der Waals surface area contributed by atoms with Gasteiger partial charge in [-0.25, -0.2) is 0 Å². The molecule has 4 heterocycles. The van der Waals surface area contributed by atoms with Crippen LogP contribution in [0.3, 0.4) is 0 Å². The third kappa shape index (κ3) is 3.45. The summed E-state index contributed by atoms with van der Waals surface area (Å²) in [5, 5.41) is 4.20. The Morgan fingerprint density at radius 3 is 3.00 bits per heavy atom. The molecule has 4 rings (SSSR count). The van der Waals surface area contributed by atoms with Gasteiger partial charge in [0.2, 0.25) is 5.89 Å². The van der Waals surface area contributed by atoms with Crippen LogP contribution in [0, 0.1) is 17.8 Å². The van der Waals surface area contributed by atoms with Gasteiger partial charge < -0.3 is 4.52 Å². The number of fused-ring (bicyclic) bond motifs is 4. The number of likely N-dealkylation sites (tertiary alicyclic amines) is 1. The molecule has 0 amide bonds. The van der Waals surface area contributed by atoms with E-state index in [0.717, 1.165) is 42.6 Å². The fraction of sp³-hybridized carbons (Fsp3) is 0.889. The van der Waals surface area contributed by atoms with Crippen molar-refractivity contribution < 1.29 is 4.52 Å². The van der Waals surface area contributed by atoms with Crippen molar-refractivity contribution in [2.75, 3.05) is 26.2 Å². The molecule has 3 aliphatic rings. The predicted molar refractivity (Wildman–Crippen MR) is 88.9 cm³/mol. The maximum atomic E-state index is 5.40. The molecule has 3 aliphatic heterocycles. The molecule has 2 bridgehead atoms. The van der Waals surface area contributed by atoms with Gasteiger partial charge in [0.15, 0.2) is 5.82 Å². The third-order valence-electron chi connectivity index (χ3n) is 5.80.